The number of ether oxygens (including phenoxy) is 2. The largest absolute Gasteiger partial charge is 0.378 e. The summed E-state index contributed by atoms with van der Waals surface area (Å²) in [6, 6.07) is 1.94. The van der Waals surface area contributed by atoms with Crippen molar-refractivity contribution in [2.45, 2.75) is 19.4 Å². The number of hydrogen-bond acceptors (Lipinski definition) is 6. The molecule has 1 amide bonds. The molecular weight excluding hydrogens is 284 g/mol. The summed E-state index contributed by atoms with van der Waals surface area (Å²) in [6.07, 6.45) is 1.56. The van der Waals surface area contributed by atoms with Crippen molar-refractivity contribution in [3.05, 3.63) is 18.1 Å². The molecule has 7 nitrogen and oxygen atoms in total. The van der Waals surface area contributed by atoms with Gasteiger partial charge in [0.15, 0.2) is 5.60 Å². The van der Waals surface area contributed by atoms with Crippen molar-refractivity contribution in [1.29, 1.82) is 0 Å². The SMILES string of the molecule is Cc1cc(N2CCO[C@](C)(C(=O)N3CCOCC3)C2)ncn1. The van der Waals surface area contributed by atoms with Crippen molar-refractivity contribution in [2.75, 3.05) is 50.9 Å². The molecule has 120 valence electrons. The lowest BCUT2D eigenvalue weighted by Gasteiger charge is -2.42. The normalized spacial score (nSPS) is 26.1. The molecule has 1 atom stereocenters. The standard InChI is InChI=1S/C15H22N4O3/c1-12-9-13(17-11-16-12)19-5-8-22-15(2,10-19)14(20)18-3-6-21-7-4-18/h9,11H,3-8,10H2,1-2H3/t15-/m0/s1. The van der Waals surface area contributed by atoms with E-state index in [9.17, 15) is 4.79 Å². The number of nitrogens with zero attached hydrogens (tertiary/aromatic N) is 4. The van der Waals surface area contributed by atoms with Crippen LogP contribution >= 0.6 is 0 Å². The lowest BCUT2D eigenvalue weighted by molar-refractivity contribution is -0.161. The average Bonchev–Trinajstić information content (AvgIpc) is 2.55. The first-order chi connectivity index (χ1) is 10.6. The minimum Gasteiger partial charge on any atom is -0.378 e. The number of aromatic nitrogens is 2. The second kappa shape index (κ2) is 6.18. The molecule has 2 aliphatic rings. The topological polar surface area (TPSA) is 67.8 Å². The molecule has 3 heterocycles. The monoisotopic (exact) mass is 306 g/mol. The van der Waals surface area contributed by atoms with E-state index in [2.05, 4.69) is 14.9 Å². The Bertz CT molecular complexity index is 547. The molecule has 0 aliphatic carbocycles. The molecule has 1 aromatic heterocycles. The molecule has 1 aromatic rings. The maximum atomic E-state index is 12.8. The molecule has 0 radical (unpaired) electrons. The lowest BCUT2D eigenvalue weighted by Crippen LogP contribution is -2.60. The molecule has 0 N–H and O–H groups in total. The highest BCUT2D eigenvalue weighted by Gasteiger charge is 2.42. The van der Waals surface area contributed by atoms with Gasteiger partial charge in [-0.05, 0) is 13.8 Å². The summed E-state index contributed by atoms with van der Waals surface area (Å²) in [7, 11) is 0. The maximum Gasteiger partial charge on any atom is 0.256 e. The zero-order valence-corrected chi connectivity index (χ0v) is 13.1. The predicted octanol–water partition coefficient (Wildman–Crippen LogP) is 0.239. The van der Waals surface area contributed by atoms with Crippen molar-refractivity contribution in [3.8, 4) is 0 Å². The average molecular weight is 306 g/mol. The number of carbonyl (C=O) groups excluding carboxylic acids is 1. The fourth-order valence-electron chi connectivity index (χ4n) is 2.91. The third kappa shape index (κ3) is 3.05. The Morgan fingerprint density at radius 2 is 2.00 bits per heavy atom. The van der Waals surface area contributed by atoms with E-state index in [1.807, 2.05) is 24.8 Å². The van der Waals surface area contributed by atoms with Crippen molar-refractivity contribution in [2.24, 2.45) is 0 Å². The molecule has 3 rings (SSSR count). The summed E-state index contributed by atoms with van der Waals surface area (Å²) in [5.74, 6) is 0.878. The third-order valence-electron chi connectivity index (χ3n) is 4.14. The van der Waals surface area contributed by atoms with Crippen LogP contribution in [0.15, 0.2) is 12.4 Å². The van der Waals surface area contributed by atoms with Gasteiger partial charge in [-0.2, -0.15) is 0 Å². The molecule has 7 heteroatoms. The summed E-state index contributed by atoms with van der Waals surface area (Å²) >= 11 is 0. The molecule has 0 unspecified atom stereocenters. The fourth-order valence-corrected chi connectivity index (χ4v) is 2.91. The van der Waals surface area contributed by atoms with E-state index in [4.69, 9.17) is 9.47 Å². The Kier molecular flexibility index (Phi) is 4.26. The van der Waals surface area contributed by atoms with Crippen LogP contribution in [0.1, 0.15) is 12.6 Å². The fraction of sp³-hybridized carbons (Fsp3) is 0.667. The smallest absolute Gasteiger partial charge is 0.256 e. The molecular formula is C15H22N4O3. The zero-order chi connectivity index (χ0) is 15.6. The summed E-state index contributed by atoms with van der Waals surface area (Å²) in [6.45, 7) is 7.98. The van der Waals surface area contributed by atoms with Crippen LogP contribution in [-0.2, 0) is 14.3 Å². The van der Waals surface area contributed by atoms with Gasteiger partial charge in [-0.15, -0.1) is 0 Å². The van der Waals surface area contributed by atoms with Gasteiger partial charge < -0.3 is 19.3 Å². The molecule has 22 heavy (non-hydrogen) atoms. The highest BCUT2D eigenvalue weighted by molar-refractivity contribution is 5.86. The van der Waals surface area contributed by atoms with Crippen molar-refractivity contribution >= 4 is 11.7 Å². The highest BCUT2D eigenvalue weighted by atomic mass is 16.5. The molecule has 0 spiro atoms. The summed E-state index contributed by atoms with van der Waals surface area (Å²) < 4.78 is 11.2. The lowest BCUT2D eigenvalue weighted by atomic mass is 10.0. The van der Waals surface area contributed by atoms with Gasteiger partial charge in [0.05, 0.1) is 26.4 Å². The summed E-state index contributed by atoms with van der Waals surface area (Å²) in [5, 5.41) is 0. The van der Waals surface area contributed by atoms with E-state index in [0.717, 1.165) is 18.1 Å². The van der Waals surface area contributed by atoms with Crippen LogP contribution in [0.25, 0.3) is 0 Å². The maximum absolute atomic E-state index is 12.8. The minimum absolute atomic E-state index is 0.0336. The number of amides is 1. The quantitative estimate of drug-likeness (QED) is 0.780. The van der Waals surface area contributed by atoms with Gasteiger partial charge in [-0.1, -0.05) is 0 Å². The van der Waals surface area contributed by atoms with Crippen molar-refractivity contribution in [1.82, 2.24) is 14.9 Å². The summed E-state index contributed by atoms with van der Waals surface area (Å²) in [4.78, 5) is 25.2. The number of anilines is 1. The first kappa shape index (κ1) is 15.2. The Balaban J connectivity index is 1.74. The Morgan fingerprint density at radius 3 is 2.73 bits per heavy atom. The van der Waals surface area contributed by atoms with E-state index in [1.54, 1.807) is 6.33 Å². The molecule has 2 fully saturated rings. The van der Waals surface area contributed by atoms with E-state index < -0.39 is 5.60 Å². The Labute approximate surface area is 130 Å². The Hall–Kier alpha value is -1.73. The van der Waals surface area contributed by atoms with Gasteiger partial charge in [0.2, 0.25) is 0 Å². The van der Waals surface area contributed by atoms with E-state index >= 15 is 0 Å². The van der Waals surface area contributed by atoms with Gasteiger partial charge in [0.1, 0.15) is 12.1 Å². The van der Waals surface area contributed by atoms with Crippen LogP contribution < -0.4 is 4.90 Å². The number of carbonyl (C=O) groups is 1. The van der Waals surface area contributed by atoms with E-state index in [1.165, 1.54) is 0 Å². The van der Waals surface area contributed by atoms with Crippen molar-refractivity contribution in [3.63, 3.8) is 0 Å². The van der Waals surface area contributed by atoms with Crippen LogP contribution in [0.4, 0.5) is 5.82 Å². The number of morpholine rings is 2. The minimum atomic E-state index is -0.839. The van der Waals surface area contributed by atoms with Gasteiger partial charge in [-0.25, -0.2) is 9.97 Å². The highest BCUT2D eigenvalue weighted by Crippen LogP contribution is 2.24. The van der Waals surface area contributed by atoms with E-state index in [-0.39, 0.29) is 5.91 Å². The first-order valence-electron chi connectivity index (χ1n) is 7.63. The second-order valence-electron chi connectivity index (χ2n) is 5.92. The first-order valence-corrected chi connectivity index (χ1v) is 7.63. The van der Waals surface area contributed by atoms with Crippen LogP contribution in [0.3, 0.4) is 0 Å². The van der Waals surface area contributed by atoms with Gasteiger partial charge in [-0.3, -0.25) is 4.79 Å². The third-order valence-corrected chi connectivity index (χ3v) is 4.14. The Morgan fingerprint density at radius 1 is 1.23 bits per heavy atom. The number of rotatable bonds is 2. The molecule has 2 aliphatic heterocycles. The van der Waals surface area contributed by atoms with Gasteiger partial charge in [0, 0.05) is 31.4 Å². The van der Waals surface area contributed by atoms with Crippen LogP contribution in [0.2, 0.25) is 0 Å². The summed E-state index contributed by atoms with van der Waals surface area (Å²) in [5.41, 5.74) is 0.0757. The number of aryl methyl sites for hydroxylation is 1. The van der Waals surface area contributed by atoms with Crippen molar-refractivity contribution < 1.29 is 14.3 Å². The van der Waals surface area contributed by atoms with E-state index in [0.29, 0.717) is 39.5 Å². The predicted molar refractivity (Wildman–Crippen MR) is 80.7 cm³/mol. The van der Waals surface area contributed by atoms with Gasteiger partial charge >= 0.3 is 0 Å². The van der Waals surface area contributed by atoms with Crippen LogP contribution in [0.5, 0.6) is 0 Å². The molecule has 0 aromatic carbocycles. The van der Waals surface area contributed by atoms with Crippen LogP contribution in [0, 0.1) is 6.92 Å². The zero-order valence-electron chi connectivity index (χ0n) is 13.1. The molecule has 0 bridgehead atoms. The second-order valence-corrected chi connectivity index (χ2v) is 5.92. The van der Waals surface area contributed by atoms with Crippen LogP contribution in [-0.4, -0.2) is 72.4 Å². The molecule has 0 saturated carbocycles. The number of hydrogen-bond donors (Lipinski definition) is 0. The van der Waals surface area contributed by atoms with Gasteiger partial charge in [0.25, 0.3) is 5.91 Å². The molecule has 2 saturated heterocycles.